The summed E-state index contributed by atoms with van der Waals surface area (Å²) in [5.74, 6) is -0.541. The lowest BCUT2D eigenvalue weighted by atomic mass is 10.2. The van der Waals surface area contributed by atoms with Crippen LogP contribution in [0.4, 0.5) is 0 Å². The first kappa shape index (κ1) is 17.3. The zero-order valence-electron chi connectivity index (χ0n) is 12.2. The highest BCUT2D eigenvalue weighted by molar-refractivity contribution is 7.89. The predicted octanol–water partition coefficient (Wildman–Crippen LogP) is 2.35. The van der Waals surface area contributed by atoms with Crippen LogP contribution in [-0.4, -0.2) is 21.5 Å². The largest absolute Gasteiger partial charge is 0.496 e. The first-order valence-electron chi connectivity index (χ1n) is 6.43. The van der Waals surface area contributed by atoms with Crippen molar-refractivity contribution in [3.63, 3.8) is 0 Å². The van der Waals surface area contributed by atoms with E-state index in [1.807, 2.05) is 0 Å². The summed E-state index contributed by atoms with van der Waals surface area (Å²) in [5, 5.41) is 5.58. The van der Waals surface area contributed by atoms with Gasteiger partial charge in [-0.05, 0) is 35.9 Å². The van der Waals surface area contributed by atoms with E-state index in [0.29, 0.717) is 10.6 Å². The Morgan fingerprint density at radius 1 is 1.22 bits per heavy atom. The molecule has 0 saturated carbocycles. The van der Waals surface area contributed by atoms with Gasteiger partial charge in [-0.1, -0.05) is 23.7 Å². The maximum Gasteiger partial charge on any atom is 0.342 e. The second kappa shape index (κ2) is 6.99. The average Bonchev–Trinajstić information content (AvgIpc) is 2.51. The summed E-state index contributed by atoms with van der Waals surface area (Å²) in [4.78, 5) is 12.0. The molecule has 0 atom stereocenters. The molecule has 2 aromatic rings. The fourth-order valence-electron chi connectivity index (χ4n) is 1.88. The van der Waals surface area contributed by atoms with Crippen molar-refractivity contribution in [3.05, 3.63) is 58.6 Å². The molecule has 0 aliphatic rings. The molecule has 0 heterocycles. The number of nitrogens with two attached hydrogens (primary N) is 1. The van der Waals surface area contributed by atoms with E-state index in [-0.39, 0.29) is 22.8 Å². The summed E-state index contributed by atoms with van der Waals surface area (Å²) in [6, 6.07) is 10.6. The van der Waals surface area contributed by atoms with Crippen LogP contribution < -0.4 is 9.88 Å². The van der Waals surface area contributed by atoms with E-state index >= 15 is 0 Å². The van der Waals surface area contributed by atoms with Crippen molar-refractivity contribution in [1.29, 1.82) is 0 Å². The second-order valence-corrected chi connectivity index (χ2v) is 6.61. The summed E-state index contributed by atoms with van der Waals surface area (Å²) < 4.78 is 33.0. The Bertz CT molecular complexity index is 836. The zero-order chi connectivity index (χ0) is 17.0. The van der Waals surface area contributed by atoms with Gasteiger partial charge in [-0.2, -0.15) is 0 Å². The topological polar surface area (TPSA) is 95.7 Å². The van der Waals surface area contributed by atoms with Gasteiger partial charge in [0.15, 0.2) is 0 Å². The number of ether oxygens (including phenoxy) is 2. The van der Waals surface area contributed by atoms with Gasteiger partial charge in [0.25, 0.3) is 0 Å². The van der Waals surface area contributed by atoms with Crippen LogP contribution in [0.15, 0.2) is 47.4 Å². The standard InChI is InChI=1S/C15H14ClNO5S/c1-21-14-6-5-12(23(17,19)20)8-13(14)15(18)22-9-10-3-2-4-11(16)7-10/h2-8H,9H2,1H3,(H2,17,19,20). The molecule has 0 aliphatic carbocycles. The number of primary sulfonamides is 1. The smallest absolute Gasteiger partial charge is 0.342 e. The SMILES string of the molecule is COc1ccc(S(N)(=O)=O)cc1C(=O)OCc1cccc(Cl)c1. The van der Waals surface area contributed by atoms with Crippen molar-refractivity contribution in [1.82, 2.24) is 0 Å². The minimum absolute atomic E-state index is 0.0118. The molecular weight excluding hydrogens is 342 g/mol. The highest BCUT2D eigenvalue weighted by atomic mass is 35.5. The normalized spacial score (nSPS) is 11.1. The second-order valence-electron chi connectivity index (χ2n) is 4.61. The molecule has 0 fully saturated rings. The van der Waals surface area contributed by atoms with Gasteiger partial charge in [0.1, 0.15) is 17.9 Å². The van der Waals surface area contributed by atoms with Gasteiger partial charge in [-0.3, -0.25) is 0 Å². The first-order valence-corrected chi connectivity index (χ1v) is 8.36. The number of rotatable bonds is 5. The van der Waals surface area contributed by atoms with E-state index in [1.165, 1.54) is 19.2 Å². The Balaban J connectivity index is 2.24. The summed E-state index contributed by atoms with van der Waals surface area (Å²) in [6.45, 7) is -0.0118. The Morgan fingerprint density at radius 2 is 1.96 bits per heavy atom. The molecular formula is C15H14ClNO5S. The zero-order valence-corrected chi connectivity index (χ0v) is 13.7. The third kappa shape index (κ3) is 4.44. The number of esters is 1. The Morgan fingerprint density at radius 3 is 2.57 bits per heavy atom. The molecule has 0 spiro atoms. The van der Waals surface area contributed by atoms with Gasteiger partial charge in [-0.15, -0.1) is 0 Å². The number of sulfonamides is 1. The lowest BCUT2D eigenvalue weighted by molar-refractivity contribution is 0.0468. The lowest BCUT2D eigenvalue weighted by Crippen LogP contribution is -2.14. The molecule has 0 unspecified atom stereocenters. The maximum atomic E-state index is 12.2. The van der Waals surface area contributed by atoms with E-state index in [0.717, 1.165) is 6.07 Å². The van der Waals surface area contributed by atoms with Crippen molar-refractivity contribution in [2.45, 2.75) is 11.5 Å². The fourth-order valence-corrected chi connectivity index (χ4v) is 2.63. The summed E-state index contributed by atoms with van der Waals surface area (Å²) >= 11 is 5.85. The minimum atomic E-state index is -3.94. The molecule has 2 rings (SSSR count). The molecule has 122 valence electrons. The molecule has 6 nitrogen and oxygen atoms in total. The van der Waals surface area contributed by atoms with Crippen LogP contribution in [-0.2, 0) is 21.4 Å². The number of benzene rings is 2. The van der Waals surface area contributed by atoms with Crippen LogP contribution in [0.25, 0.3) is 0 Å². The van der Waals surface area contributed by atoms with Crippen molar-refractivity contribution >= 4 is 27.6 Å². The van der Waals surface area contributed by atoms with E-state index in [9.17, 15) is 13.2 Å². The number of carbonyl (C=O) groups excluding carboxylic acids is 1. The quantitative estimate of drug-likeness (QED) is 0.830. The summed E-state index contributed by atoms with van der Waals surface area (Å²) in [5.41, 5.74) is 0.675. The van der Waals surface area contributed by atoms with Crippen LogP contribution >= 0.6 is 11.6 Å². The summed E-state index contributed by atoms with van der Waals surface area (Å²) in [7, 11) is -2.58. The van der Waals surface area contributed by atoms with E-state index in [1.54, 1.807) is 24.3 Å². The molecule has 0 bridgehead atoms. The average molecular weight is 356 g/mol. The predicted molar refractivity (Wildman–Crippen MR) is 84.9 cm³/mol. The molecule has 0 amide bonds. The van der Waals surface area contributed by atoms with E-state index in [4.69, 9.17) is 26.2 Å². The van der Waals surface area contributed by atoms with Gasteiger partial charge >= 0.3 is 5.97 Å². The number of carbonyl (C=O) groups is 1. The van der Waals surface area contributed by atoms with Gasteiger partial charge < -0.3 is 9.47 Å². The Labute approximate surface area is 138 Å². The molecule has 2 aromatic carbocycles. The molecule has 23 heavy (non-hydrogen) atoms. The highest BCUT2D eigenvalue weighted by Gasteiger charge is 2.18. The molecule has 0 aromatic heterocycles. The van der Waals surface area contributed by atoms with Crippen LogP contribution in [0.5, 0.6) is 5.75 Å². The van der Waals surface area contributed by atoms with Crippen molar-refractivity contribution in [2.75, 3.05) is 7.11 Å². The molecule has 2 N–H and O–H groups in total. The van der Waals surface area contributed by atoms with E-state index in [2.05, 4.69) is 0 Å². The molecule has 8 heteroatoms. The summed E-state index contributed by atoms with van der Waals surface area (Å²) in [6.07, 6.45) is 0. The minimum Gasteiger partial charge on any atom is -0.496 e. The van der Waals surface area contributed by atoms with Crippen LogP contribution in [0.2, 0.25) is 5.02 Å². The van der Waals surface area contributed by atoms with Crippen LogP contribution in [0.1, 0.15) is 15.9 Å². The molecule has 0 radical (unpaired) electrons. The van der Waals surface area contributed by atoms with Crippen LogP contribution in [0, 0.1) is 0 Å². The third-order valence-corrected chi connectivity index (χ3v) is 4.12. The molecule has 0 saturated heterocycles. The monoisotopic (exact) mass is 355 g/mol. The van der Waals surface area contributed by atoms with Crippen molar-refractivity contribution < 1.29 is 22.7 Å². The number of hydrogen-bond acceptors (Lipinski definition) is 5. The van der Waals surface area contributed by atoms with Crippen LogP contribution in [0.3, 0.4) is 0 Å². The first-order chi connectivity index (χ1) is 10.8. The Hall–Kier alpha value is -2.09. The highest BCUT2D eigenvalue weighted by Crippen LogP contribution is 2.23. The van der Waals surface area contributed by atoms with Gasteiger partial charge in [-0.25, -0.2) is 18.4 Å². The third-order valence-electron chi connectivity index (χ3n) is 2.98. The van der Waals surface area contributed by atoms with E-state index < -0.39 is 16.0 Å². The lowest BCUT2D eigenvalue weighted by Gasteiger charge is -2.10. The van der Waals surface area contributed by atoms with Gasteiger partial charge in [0.2, 0.25) is 10.0 Å². The number of halogens is 1. The fraction of sp³-hybridized carbons (Fsp3) is 0.133. The van der Waals surface area contributed by atoms with Gasteiger partial charge in [0, 0.05) is 5.02 Å². The van der Waals surface area contributed by atoms with Crippen molar-refractivity contribution in [2.24, 2.45) is 5.14 Å². The number of hydrogen-bond donors (Lipinski definition) is 1. The van der Waals surface area contributed by atoms with Crippen molar-refractivity contribution in [3.8, 4) is 5.75 Å². The maximum absolute atomic E-state index is 12.2. The Kier molecular flexibility index (Phi) is 5.25. The number of methoxy groups -OCH3 is 1. The molecule has 0 aliphatic heterocycles. The van der Waals surface area contributed by atoms with Gasteiger partial charge in [0.05, 0.1) is 12.0 Å².